The van der Waals surface area contributed by atoms with E-state index >= 15 is 0 Å². The summed E-state index contributed by atoms with van der Waals surface area (Å²) in [5.74, 6) is 0.859. The molecule has 0 aliphatic rings. The molecule has 0 atom stereocenters. The number of nitrogens with two attached hydrogens (primary N) is 1. The first kappa shape index (κ1) is 13.4. The molecule has 1 amide bonds. The van der Waals surface area contributed by atoms with Gasteiger partial charge in [-0.1, -0.05) is 0 Å². The summed E-state index contributed by atoms with van der Waals surface area (Å²) in [6.45, 7) is 4.27. The van der Waals surface area contributed by atoms with Gasteiger partial charge in [0.1, 0.15) is 5.75 Å². The number of anilines is 1. The van der Waals surface area contributed by atoms with Crippen LogP contribution in [0.5, 0.6) is 5.75 Å². The maximum atomic E-state index is 11.4. The second-order valence-corrected chi connectivity index (χ2v) is 4.36. The summed E-state index contributed by atoms with van der Waals surface area (Å²) < 4.78 is 5.59. The molecule has 17 heavy (non-hydrogen) atoms. The minimum absolute atomic E-state index is 0.0646. The van der Waals surface area contributed by atoms with E-state index in [9.17, 15) is 4.79 Å². The molecule has 1 rings (SSSR count). The summed E-state index contributed by atoms with van der Waals surface area (Å²) in [5, 5.41) is 0. The lowest BCUT2D eigenvalue weighted by molar-refractivity contribution is -0.129. The lowest BCUT2D eigenvalue weighted by Crippen LogP contribution is -2.23. The minimum Gasteiger partial charge on any atom is -0.493 e. The average molecular weight is 236 g/mol. The molecule has 0 unspecified atom stereocenters. The zero-order valence-electron chi connectivity index (χ0n) is 10.9. The molecule has 0 saturated carbocycles. The Morgan fingerprint density at radius 2 is 1.94 bits per heavy atom. The van der Waals surface area contributed by atoms with Crippen LogP contribution in [-0.4, -0.2) is 31.5 Å². The molecule has 1 aromatic carbocycles. The van der Waals surface area contributed by atoms with Crippen LogP contribution in [0, 0.1) is 13.8 Å². The summed E-state index contributed by atoms with van der Waals surface area (Å²) in [6, 6.07) is 3.79. The highest BCUT2D eigenvalue weighted by molar-refractivity contribution is 5.75. The van der Waals surface area contributed by atoms with E-state index < -0.39 is 0 Å². The molecule has 4 nitrogen and oxygen atoms in total. The highest BCUT2D eigenvalue weighted by atomic mass is 16.5. The van der Waals surface area contributed by atoms with Gasteiger partial charge in [0.25, 0.3) is 0 Å². The van der Waals surface area contributed by atoms with Gasteiger partial charge < -0.3 is 15.4 Å². The van der Waals surface area contributed by atoms with Crippen LogP contribution in [-0.2, 0) is 4.79 Å². The Labute approximate surface area is 102 Å². The number of benzene rings is 1. The first-order chi connectivity index (χ1) is 7.91. The van der Waals surface area contributed by atoms with E-state index in [1.54, 1.807) is 19.0 Å². The van der Waals surface area contributed by atoms with Gasteiger partial charge in [-0.25, -0.2) is 0 Å². The van der Waals surface area contributed by atoms with Gasteiger partial charge in [-0.15, -0.1) is 0 Å². The zero-order chi connectivity index (χ0) is 13.0. The lowest BCUT2D eigenvalue weighted by Gasteiger charge is -2.13. The fraction of sp³-hybridized carbons (Fsp3) is 0.462. The average Bonchev–Trinajstić information content (AvgIpc) is 2.25. The zero-order valence-corrected chi connectivity index (χ0v) is 10.9. The lowest BCUT2D eigenvalue weighted by atomic mass is 10.1. The Kier molecular flexibility index (Phi) is 4.37. The van der Waals surface area contributed by atoms with Crippen molar-refractivity contribution in [1.82, 2.24) is 4.90 Å². The van der Waals surface area contributed by atoms with Crippen LogP contribution in [0.1, 0.15) is 17.5 Å². The molecule has 0 bridgehead atoms. The van der Waals surface area contributed by atoms with Crippen molar-refractivity contribution in [2.24, 2.45) is 0 Å². The number of rotatable bonds is 4. The normalized spacial score (nSPS) is 10.1. The predicted molar refractivity (Wildman–Crippen MR) is 69.1 cm³/mol. The summed E-state index contributed by atoms with van der Waals surface area (Å²) in [4.78, 5) is 12.9. The van der Waals surface area contributed by atoms with E-state index in [1.807, 2.05) is 26.0 Å². The second-order valence-electron chi connectivity index (χ2n) is 4.36. The summed E-state index contributed by atoms with van der Waals surface area (Å²) in [5.41, 5.74) is 8.53. The quantitative estimate of drug-likeness (QED) is 0.810. The third kappa shape index (κ3) is 3.66. The Morgan fingerprint density at radius 3 is 2.53 bits per heavy atom. The SMILES string of the molecule is Cc1cc(OCCC(=O)N(C)C)c(C)cc1N. The van der Waals surface area contributed by atoms with Gasteiger partial charge in [-0.3, -0.25) is 4.79 Å². The van der Waals surface area contributed by atoms with Gasteiger partial charge in [0.2, 0.25) is 5.91 Å². The number of carbonyl (C=O) groups is 1. The summed E-state index contributed by atoms with van der Waals surface area (Å²) >= 11 is 0. The monoisotopic (exact) mass is 236 g/mol. The number of amides is 1. The van der Waals surface area contributed by atoms with Gasteiger partial charge in [0.05, 0.1) is 13.0 Å². The molecule has 0 fully saturated rings. The van der Waals surface area contributed by atoms with Gasteiger partial charge in [-0.2, -0.15) is 0 Å². The van der Waals surface area contributed by atoms with E-state index in [-0.39, 0.29) is 5.91 Å². The Bertz CT molecular complexity index is 414. The Hall–Kier alpha value is -1.71. The molecule has 0 aliphatic heterocycles. The van der Waals surface area contributed by atoms with Crippen molar-refractivity contribution in [3.8, 4) is 5.75 Å². The van der Waals surface area contributed by atoms with Crippen LogP contribution in [0.25, 0.3) is 0 Å². The fourth-order valence-corrected chi connectivity index (χ4v) is 1.44. The molecule has 0 heterocycles. The number of nitrogens with zero attached hydrogens (tertiary/aromatic N) is 1. The molecule has 94 valence electrons. The van der Waals surface area contributed by atoms with Crippen LogP contribution < -0.4 is 10.5 Å². The number of nitrogen functional groups attached to an aromatic ring is 1. The van der Waals surface area contributed by atoms with Crippen molar-refractivity contribution < 1.29 is 9.53 Å². The standard InChI is InChI=1S/C13H20N2O2/c1-9-8-12(10(2)7-11(9)14)17-6-5-13(16)15(3)4/h7-8H,5-6,14H2,1-4H3. The third-order valence-electron chi connectivity index (χ3n) is 2.64. The van der Waals surface area contributed by atoms with Crippen LogP contribution >= 0.6 is 0 Å². The van der Waals surface area contributed by atoms with E-state index in [2.05, 4.69) is 0 Å². The molecule has 0 saturated heterocycles. The number of hydrogen-bond acceptors (Lipinski definition) is 3. The first-order valence-corrected chi connectivity index (χ1v) is 5.61. The third-order valence-corrected chi connectivity index (χ3v) is 2.64. The van der Waals surface area contributed by atoms with Crippen molar-refractivity contribution in [2.75, 3.05) is 26.4 Å². The number of ether oxygens (including phenoxy) is 1. The largest absolute Gasteiger partial charge is 0.493 e. The van der Waals surface area contributed by atoms with E-state index in [0.717, 1.165) is 22.6 Å². The van der Waals surface area contributed by atoms with Gasteiger partial charge in [0.15, 0.2) is 0 Å². The van der Waals surface area contributed by atoms with E-state index in [4.69, 9.17) is 10.5 Å². The molecule has 1 aromatic rings. The summed E-state index contributed by atoms with van der Waals surface area (Å²) in [6.07, 6.45) is 0.385. The molecule has 0 aliphatic carbocycles. The van der Waals surface area contributed by atoms with Gasteiger partial charge in [-0.05, 0) is 37.1 Å². The Balaban J connectivity index is 2.58. The molecular weight excluding hydrogens is 216 g/mol. The van der Waals surface area contributed by atoms with E-state index in [0.29, 0.717) is 13.0 Å². The number of aryl methyl sites for hydroxylation is 2. The van der Waals surface area contributed by atoms with Crippen LogP contribution in [0.3, 0.4) is 0 Å². The molecule has 0 aromatic heterocycles. The number of carbonyl (C=O) groups excluding carboxylic acids is 1. The predicted octanol–water partition coefficient (Wildman–Crippen LogP) is 1.74. The molecule has 0 spiro atoms. The molecule has 2 N–H and O–H groups in total. The highest BCUT2D eigenvalue weighted by Crippen LogP contribution is 2.24. The van der Waals surface area contributed by atoms with Gasteiger partial charge >= 0.3 is 0 Å². The van der Waals surface area contributed by atoms with Crippen molar-refractivity contribution in [1.29, 1.82) is 0 Å². The topological polar surface area (TPSA) is 55.6 Å². The van der Waals surface area contributed by atoms with Crippen molar-refractivity contribution in [2.45, 2.75) is 20.3 Å². The molecule has 0 radical (unpaired) electrons. The van der Waals surface area contributed by atoms with Crippen LogP contribution in [0.2, 0.25) is 0 Å². The maximum absolute atomic E-state index is 11.4. The maximum Gasteiger partial charge on any atom is 0.225 e. The first-order valence-electron chi connectivity index (χ1n) is 5.61. The summed E-state index contributed by atoms with van der Waals surface area (Å²) in [7, 11) is 3.47. The van der Waals surface area contributed by atoms with Crippen molar-refractivity contribution in [3.63, 3.8) is 0 Å². The van der Waals surface area contributed by atoms with E-state index in [1.165, 1.54) is 0 Å². The van der Waals surface area contributed by atoms with Crippen LogP contribution in [0.4, 0.5) is 5.69 Å². The molecule has 4 heteroatoms. The minimum atomic E-state index is 0.0646. The van der Waals surface area contributed by atoms with Gasteiger partial charge in [0, 0.05) is 19.8 Å². The van der Waals surface area contributed by atoms with Crippen molar-refractivity contribution >= 4 is 11.6 Å². The Morgan fingerprint density at radius 1 is 1.29 bits per heavy atom. The van der Waals surface area contributed by atoms with Crippen LogP contribution in [0.15, 0.2) is 12.1 Å². The molecular formula is C13H20N2O2. The van der Waals surface area contributed by atoms with Crippen molar-refractivity contribution in [3.05, 3.63) is 23.3 Å². The fourth-order valence-electron chi connectivity index (χ4n) is 1.44. The smallest absolute Gasteiger partial charge is 0.225 e. The number of hydrogen-bond donors (Lipinski definition) is 1. The second kappa shape index (κ2) is 5.57. The highest BCUT2D eigenvalue weighted by Gasteiger charge is 2.06.